The van der Waals surface area contributed by atoms with Gasteiger partial charge in [0.25, 0.3) is 0 Å². The average molecular weight is 122 g/mol. The molecule has 0 saturated heterocycles. The summed E-state index contributed by atoms with van der Waals surface area (Å²) in [4.78, 5) is 0. The molecule has 0 aliphatic rings. The molecule has 0 atom stereocenters. The Balaban J connectivity index is 0. The van der Waals surface area contributed by atoms with Gasteiger partial charge in [0.1, 0.15) is 0 Å². The minimum absolute atomic E-state index is 0. The zero-order valence-electron chi connectivity index (χ0n) is 1.66. The van der Waals surface area contributed by atoms with Gasteiger partial charge in [-0.05, 0) is 0 Å². The van der Waals surface area contributed by atoms with Crippen LogP contribution in [-0.2, 0) is 29.7 Å². The van der Waals surface area contributed by atoms with Gasteiger partial charge in [0.2, 0.25) is 0 Å². The summed E-state index contributed by atoms with van der Waals surface area (Å²) in [5.41, 5.74) is 0. The second kappa shape index (κ2) is 10.6. The van der Waals surface area contributed by atoms with Crippen LogP contribution in [0.3, 0.4) is 0 Å². The first-order valence-corrected chi connectivity index (χ1v) is 0.836. The van der Waals surface area contributed by atoms with Crippen LogP contribution in [0, 0.1) is 10.7 Å². The van der Waals surface area contributed by atoms with E-state index in [2.05, 4.69) is 12.6 Å². The molecule has 0 aliphatic heterocycles. The fraction of sp³-hybridized carbons (Fsp3) is 0. The Morgan fingerprint density at radius 2 is 1.75 bits per heavy atom. The van der Waals surface area contributed by atoms with Crippen molar-refractivity contribution < 1.29 is 17.1 Å². The average Bonchev–Trinajstić information content (AvgIpc) is 0.918. The molecule has 3 heteroatoms. The third-order valence-electron chi connectivity index (χ3n) is 0. The van der Waals surface area contributed by atoms with E-state index in [1.165, 1.54) is 5.40 Å². The first kappa shape index (κ1) is 8.87. The summed E-state index contributed by atoms with van der Waals surface area (Å²) in [7, 11) is 0. The summed E-state index contributed by atoms with van der Waals surface area (Å²) < 4.78 is 0. The molecular formula is CCuNS+. The van der Waals surface area contributed by atoms with E-state index in [4.69, 9.17) is 5.26 Å². The smallest absolute Gasteiger partial charge is 0.696 e. The summed E-state index contributed by atoms with van der Waals surface area (Å²) in [6.45, 7) is 0. The van der Waals surface area contributed by atoms with Gasteiger partial charge in [0.05, 0.1) is 0 Å². The van der Waals surface area contributed by atoms with Gasteiger partial charge in [-0.1, -0.05) is 5.40 Å². The molecule has 0 unspecified atom stereocenters. The number of hydrogen-bond donors (Lipinski definition) is 0. The van der Waals surface area contributed by atoms with Crippen molar-refractivity contribution in [2.24, 2.45) is 0 Å². The van der Waals surface area contributed by atoms with Crippen LogP contribution in [0.15, 0.2) is 0 Å². The molecule has 0 aromatic carbocycles. The number of hydrogen-bond acceptors (Lipinski definition) is 2. The molecule has 0 amide bonds. The van der Waals surface area contributed by atoms with Crippen molar-refractivity contribution in [1.29, 1.82) is 5.26 Å². The van der Waals surface area contributed by atoms with Crippen LogP contribution in [0.25, 0.3) is 0 Å². The molecule has 0 heterocycles. The maximum Gasteiger partial charge on any atom is 2.00 e. The van der Waals surface area contributed by atoms with E-state index in [-0.39, 0.29) is 17.1 Å². The topological polar surface area (TPSA) is 23.8 Å². The predicted octanol–water partition coefficient (Wildman–Crippen LogP) is 0.0119. The van der Waals surface area contributed by atoms with Gasteiger partial charge in [-0.2, -0.15) is 0 Å². The Labute approximate surface area is 40.9 Å². The molecule has 0 aliphatic carbocycles. The minimum Gasteiger partial charge on any atom is -0.696 e. The standard InChI is InChI=1S/CHNS.Cu/c2-1-3;/h3H;/q;+2/p-1. The molecule has 0 aromatic rings. The molecule has 0 rings (SSSR count). The molecule has 1 radical (unpaired) electrons. The molecule has 4 heavy (non-hydrogen) atoms. The summed E-state index contributed by atoms with van der Waals surface area (Å²) in [5, 5.41) is 8.47. The van der Waals surface area contributed by atoms with Gasteiger partial charge in [0.15, 0.2) is 0 Å². The van der Waals surface area contributed by atoms with Gasteiger partial charge in [-0.25, -0.2) is 5.26 Å². The molecule has 25 valence electrons. The third kappa shape index (κ3) is 64.0. The normalized spacial score (nSPS) is 1.75. The van der Waals surface area contributed by atoms with Crippen LogP contribution in [-0.4, -0.2) is 0 Å². The molecule has 0 aromatic heterocycles. The molecule has 0 N–H and O–H groups in total. The Hall–Kier alpha value is 0.229. The second-order valence-electron chi connectivity index (χ2n) is 0.0913. The largest absolute Gasteiger partial charge is 2.00 e. The third-order valence-corrected chi connectivity index (χ3v) is 0. The fourth-order valence-electron chi connectivity index (χ4n) is 0. The maximum absolute atomic E-state index is 7.13. The van der Waals surface area contributed by atoms with E-state index in [1.807, 2.05) is 0 Å². The van der Waals surface area contributed by atoms with Crippen LogP contribution in [0.1, 0.15) is 0 Å². The summed E-state index contributed by atoms with van der Waals surface area (Å²) in [6.07, 6.45) is 0. The van der Waals surface area contributed by atoms with Crippen molar-refractivity contribution >= 4 is 12.6 Å². The van der Waals surface area contributed by atoms with Crippen LogP contribution in [0.5, 0.6) is 0 Å². The number of nitriles is 1. The van der Waals surface area contributed by atoms with Crippen molar-refractivity contribution in [2.45, 2.75) is 0 Å². The number of nitrogens with zero attached hydrogens (tertiary/aromatic N) is 1. The van der Waals surface area contributed by atoms with Gasteiger partial charge in [0, 0.05) is 0 Å². The monoisotopic (exact) mass is 121 g/mol. The van der Waals surface area contributed by atoms with Gasteiger partial charge in [-0.3, -0.25) is 0 Å². The molecule has 0 saturated carbocycles. The first-order valence-electron chi connectivity index (χ1n) is 0.428. The summed E-state index contributed by atoms with van der Waals surface area (Å²) >= 11 is 3.70. The molecule has 0 spiro atoms. The second-order valence-corrected chi connectivity index (χ2v) is 0.274. The van der Waals surface area contributed by atoms with E-state index in [0.29, 0.717) is 0 Å². The molecule has 0 bridgehead atoms. The van der Waals surface area contributed by atoms with Gasteiger partial charge >= 0.3 is 17.1 Å². The maximum atomic E-state index is 7.13. The molecular weight excluding hydrogens is 122 g/mol. The van der Waals surface area contributed by atoms with Crippen molar-refractivity contribution in [3.05, 3.63) is 0 Å². The Bertz CT molecular complexity index is 29.5. The number of rotatable bonds is 0. The molecule has 0 fully saturated rings. The summed E-state index contributed by atoms with van der Waals surface area (Å²) in [6, 6.07) is 0. The van der Waals surface area contributed by atoms with Crippen LogP contribution in [0.4, 0.5) is 0 Å². The Kier molecular flexibility index (Phi) is 23.6. The van der Waals surface area contributed by atoms with Crippen molar-refractivity contribution in [1.82, 2.24) is 0 Å². The van der Waals surface area contributed by atoms with E-state index in [0.717, 1.165) is 0 Å². The number of thiocyanates is 1. The van der Waals surface area contributed by atoms with Crippen molar-refractivity contribution in [3.8, 4) is 5.40 Å². The van der Waals surface area contributed by atoms with Crippen molar-refractivity contribution in [2.75, 3.05) is 0 Å². The summed E-state index contributed by atoms with van der Waals surface area (Å²) in [5.74, 6) is 0. The van der Waals surface area contributed by atoms with Gasteiger partial charge < -0.3 is 12.6 Å². The van der Waals surface area contributed by atoms with E-state index < -0.39 is 0 Å². The van der Waals surface area contributed by atoms with E-state index in [9.17, 15) is 0 Å². The zero-order valence-corrected chi connectivity index (χ0v) is 3.42. The SMILES string of the molecule is N#C[S-].[Cu+2]. The van der Waals surface area contributed by atoms with Crippen LogP contribution >= 0.6 is 0 Å². The Morgan fingerprint density at radius 3 is 1.75 bits per heavy atom. The predicted molar refractivity (Wildman–Crippen MR) is 13.0 cm³/mol. The van der Waals surface area contributed by atoms with Crippen LogP contribution in [0.2, 0.25) is 0 Å². The minimum atomic E-state index is 0. The van der Waals surface area contributed by atoms with Gasteiger partial charge in [-0.15, -0.1) is 0 Å². The molecule has 1 nitrogen and oxygen atoms in total. The quantitative estimate of drug-likeness (QED) is 0.256. The first-order chi connectivity index (χ1) is 1.41. The van der Waals surface area contributed by atoms with Crippen LogP contribution < -0.4 is 0 Å². The van der Waals surface area contributed by atoms with Crippen molar-refractivity contribution in [3.63, 3.8) is 0 Å². The zero-order chi connectivity index (χ0) is 2.71. The Morgan fingerprint density at radius 1 is 1.75 bits per heavy atom. The fourth-order valence-corrected chi connectivity index (χ4v) is 0. The van der Waals surface area contributed by atoms with E-state index >= 15 is 0 Å². The van der Waals surface area contributed by atoms with E-state index in [1.54, 1.807) is 0 Å².